The SMILES string of the molecule is Cc1cccc(C=CC(=O)NCC(=O)N2CCCC2)c1. The standard InChI is InChI=1S/C16H20N2O2/c1-13-5-4-6-14(11-13)7-8-15(19)17-12-16(20)18-9-2-3-10-18/h4-8,11H,2-3,9-10,12H2,1H3,(H,17,19). The number of aryl methyl sites for hydroxylation is 1. The van der Waals surface area contributed by atoms with Crippen LogP contribution in [-0.2, 0) is 9.59 Å². The summed E-state index contributed by atoms with van der Waals surface area (Å²) >= 11 is 0. The minimum atomic E-state index is -0.237. The third-order valence-corrected chi connectivity index (χ3v) is 3.34. The van der Waals surface area contributed by atoms with E-state index in [2.05, 4.69) is 5.32 Å². The van der Waals surface area contributed by atoms with Crippen molar-refractivity contribution >= 4 is 17.9 Å². The minimum absolute atomic E-state index is 0.000180. The third kappa shape index (κ3) is 4.23. The Morgan fingerprint density at radius 1 is 1.30 bits per heavy atom. The zero-order chi connectivity index (χ0) is 14.4. The number of nitrogens with one attached hydrogen (secondary N) is 1. The predicted octanol–water partition coefficient (Wildman–Crippen LogP) is 1.75. The van der Waals surface area contributed by atoms with Gasteiger partial charge in [-0.1, -0.05) is 29.8 Å². The first-order chi connectivity index (χ1) is 9.65. The van der Waals surface area contributed by atoms with Crippen LogP contribution in [0.2, 0.25) is 0 Å². The smallest absolute Gasteiger partial charge is 0.244 e. The maximum atomic E-state index is 11.8. The summed E-state index contributed by atoms with van der Waals surface area (Å²) in [6, 6.07) is 7.89. The Labute approximate surface area is 119 Å². The fraction of sp³-hybridized carbons (Fsp3) is 0.375. The fourth-order valence-corrected chi connectivity index (χ4v) is 2.25. The first-order valence-electron chi connectivity index (χ1n) is 6.95. The van der Waals surface area contributed by atoms with Crippen molar-refractivity contribution in [3.8, 4) is 0 Å². The number of hydrogen-bond donors (Lipinski definition) is 1. The number of amides is 2. The molecule has 20 heavy (non-hydrogen) atoms. The third-order valence-electron chi connectivity index (χ3n) is 3.34. The summed E-state index contributed by atoms with van der Waals surface area (Å²) in [5.74, 6) is -0.237. The number of likely N-dealkylation sites (tertiary alicyclic amines) is 1. The van der Waals surface area contributed by atoms with Crippen LogP contribution in [0.15, 0.2) is 30.3 Å². The largest absolute Gasteiger partial charge is 0.343 e. The second-order valence-electron chi connectivity index (χ2n) is 5.05. The molecule has 1 aromatic carbocycles. The highest BCUT2D eigenvalue weighted by Crippen LogP contribution is 2.07. The lowest BCUT2D eigenvalue weighted by Gasteiger charge is -2.14. The number of carbonyl (C=O) groups is 2. The molecule has 4 heteroatoms. The number of rotatable bonds is 4. The molecular formula is C16H20N2O2. The van der Waals surface area contributed by atoms with Crippen LogP contribution in [0, 0.1) is 6.92 Å². The summed E-state index contributed by atoms with van der Waals surface area (Å²) in [4.78, 5) is 25.2. The molecule has 1 aromatic rings. The summed E-state index contributed by atoms with van der Waals surface area (Å²) in [5, 5.41) is 2.63. The van der Waals surface area contributed by atoms with Gasteiger partial charge in [-0.25, -0.2) is 0 Å². The quantitative estimate of drug-likeness (QED) is 0.849. The zero-order valence-corrected chi connectivity index (χ0v) is 11.8. The maximum Gasteiger partial charge on any atom is 0.244 e. The van der Waals surface area contributed by atoms with Crippen LogP contribution in [0.25, 0.3) is 6.08 Å². The van der Waals surface area contributed by atoms with Gasteiger partial charge in [0.15, 0.2) is 0 Å². The molecule has 0 unspecified atom stereocenters. The van der Waals surface area contributed by atoms with Crippen molar-refractivity contribution in [1.29, 1.82) is 0 Å². The summed E-state index contributed by atoms with van der Waals surface area (Å²) in [7, 11) is 0. The van der Waals surface area contributed by atoms with E-state index in [9.17, 15) is 9.59 Å². The van der Waals surface area contributed by atoms with Crippen LogP contribution >= 0.6 is 0 Å². The second-order valence-corrected chi connectivity index (χ2v) is 5.05. The van der Waals surface area contributed by atoms with Crippen LogP contribution in [0.4, 0.5) is 0 Å². The van der Waals surface area contributed by atoms with Gasteiger partial charge >= 0.3 is 0 Å². The summed E-state index contributed by atoms with van der Waals surface area (Å²) in [6.07, 6.45) is 5.34. The minimum Gasteiger partial charge on any atom is -0.343 e. The molecule has 0 aliphatic carbocycles. The van der Waals surface area contributed by atoms with E-state index in [1.165, 1.54) is 6.08 Å². The molecular weight excluding hydrogens is 252 g/mol. The molecule has 4 nitrogen and oxygen atoms in total. The van der Waals surface area contributed by atoms with Crippen LogP contribution in [0.5, 0.6) is 0 Å². The van der Waals surface area contributed by atoms with Crippen molar-refractivity contribution < 1.29 is 9.59 Å². The summed E-state index contributed by atoms with van der Waals surface area (Å²) < 4.78 is 0. The van der Waals surface area contributed by atoms with E-state index in [-0.39, 0.29) is 18.4 Å². The van der Waals surface area contributed by atoms with Crippen molar-refractivity contribution in [3.63, 3.8) is 0 Å². The fourth-order valence-electron chi connectivity index (χ4n) is 2.25. The molecule has 1 saturated heterocycles. The van der Waals surface area contributed by atoms with E-state index in [0.29, 0.717) is 0 Å². The number of hydrogen-bond acceptors (Lipinski definition) is 2. The molecule has 0 spiro atoms. The molecule has 1 heterocycles. The Morgan fingerprint density at radius 3 is 2.75 bits per heavy atom. The summed E-state index contributed by atoms with van der Waals surface area (Å²) in [5.41, 5.74) is 2.13. The molecule has 2 rings (SSSR count). The van der Waals surface area contributed by atoms with Gasteiger partial charge in [-0.3, -0.25) is 9.59 Å². The van der Waals surface area contributed by atoms with Gasteiger partial charge in [0.1, 0.15) is 0 Å². The normalized spacial score (nSPS) is 14.8. The predicted molar refractivity (Wildman–Crippen MR) is 79.0 cm³/mol. The molecule has 1 aliphatic rings. The molecule has 0 bridgehead atoms. The van der Waals surface area contributed by atoms with Crippen molar-refractivity contribution in [3.05, 3.63) is 41.5 Å². The van der Waals surface area contributed by atoms with E-state index in [0.717, 1.165) is 37.1 Å². The van der Waals surface area contributed by atoms with Crippen LogP contribution in [0.1, 0.15) is 24.0 Å². The van der Waals surface area contributed by atoms with Crippen LogP contribution in [-0.4, -0.2) is 36.3 Å². The summed E-state index contributed by atoms with van der Waals surface area (Å²) in [6.45, 7) is 3.71. The molecule has 1 N–H and O–H groups in total. The van der Waals surface area contributed by atoms with Crippen molar-refractivity contribution in [2.75, 3.05) is 19.6 Å². The Balaban J connectivity index is 1.79. The van der Waals surface area contributed by atoms with Crippen molar-refractivity contribution in [2.24, 2.45) is 0 Å². The first kappa shape index (κ1) is 14.3. The molecule has 0 saturated carbocycles. The van der Waals surface area contributed by atoms with Gasteiger partial charge in [-0.05, 0) is 31.4 Å². The average Bonchev–Trinajstić information content (AvgIpc) is 2.97. The Morgan fingerprint density at radius 2 is 2.05 bits per heavy atom. The number of carbonyl (C=O) groups excluding carboxylic acids is 2. The second kappa shape index (κ2) is 6.89. The highest BCUT2D eigenvalue weighted by atomic mass is 16.2. The van der Waals surface area contributed by atoms with Gasteiger partial charge in [0.2, 0.25) is 11.8 Å². The lowest BCUT2D eigenvalue weighted by atomic mass is 10.1. The van der Waals surface area contributed by atoms with Gasteiger partial charge in [-0.15, -0.1) is 0 Å². The lowest BCUT2D eigenvalue weighted by Crippen LogP contribution is -2.38. The molecule has 1 aliphatic heterocycles. The molecule has 0 atom stereocenters. The Kier molecular flexibility index (Phi) is 4.93. The van der Waals surface area contributed by atoms with Crippen LogP contribution in [0.3, 0.4) is 0 Å². The van der Waals surface area contributed by atoms with Gasteiger partial charge in [0.25, 0.3) is 0 Å². The highest BCUT2D eigenvalue weighted by molar-refractivity contribution is 5.94. The maximum absolute atomic E-state index is 11.8. The van der Waals surface area contributed by atoms with Crippen LogP contribution < -0.4 is 5.32 Å². The topological polar surface area (TPSA) is 49.4 Å². The highest BCUT2D eigenvalue weighted by Gasteiger charge is 2.17. The average molecular weight is 272 g/mol. The van der Waals surface area contributed by atoms with E-state index in [4.69, 9.17) is 0 Å². The number of benzene rings is 1. The Bertz CT molecular complexity index is 517. The van der Waals surface area contributed by atoms with Crippen molar-refractivity contribution in [2.45, 2.75) is 19.8 Å². The molecule has 1 fully saturated rings. The zero-order valence-electron chi connectivity index (χ0n) is 11.8. The van der Waals surface area contributed by atoms with Gasteiger partial charge in [0.05, 0.1) is 6.54 Å². The monoisotopic (exact) mass is 272 g/mol. The van der Waals surface area contributed by atoms with E-state index in [1.54, 1.807) is 11.0 Å². The Hall–Kier alpha value is -2.10. The van der Waals surface area contributed by atoms with Gasteiger partial charge < -0.3 is 10.2 Å². The molecule has 0 radical (unpaired) electrons. The first-order valence-corrected chi connectivity index (χ1v) is 6.95. The van der Waals surface area contributed by atoms with Crippen molar-refractivity contribution in [1.82, 2.24) is 10.2 Å². The van der Waals surface area contributed by atoms with E-state index >= 15 is 0 Å². The number of nitrogens with zero attached hydrogens (tertiary/aromatic N) is 1. The van der Waals surface area contributed by atoms with E-state index in [1.807, 2.05) is 31.2 Å². The molecule has 0 aromatic heterocycles. The molecule has 2 amide bonds. The van der Waals surface area contributed by atoms with Gasteiger partial charge in [0, 0.05) is 19.2 Å². The lowest BCUT2D eigenvalue weighted by molar-refractivity contribution is -0.131. The van der Waals surface area contributed by atoms with E-state index < -0.39 is 0 Å². The molecule has 106 valence electrons. The van der Waals surface area contributed by atoms with Gasteiger partial charge in [-0.2, -0.15) is 0 Å².